The Morgan fingerprint density at radius 1 is 1.25 bits per heavy atom. The molecule has 0 aromatic carbocycles. The SMILES string of the molecule is OCCCC1CCCN(Cc2nc(CC3CC3)no2)C1. The lowest BCUT2D eigenvalue weighted by Gasteiger charge is -2.31. The number of aromatic nitrogens is 2. The molecule has 2 aliphatic rings. The molecule has 1 atom stereocenters. The van der Waals surface area contributed by atoms with Gasteiger partial charge in [-0.3, -0.25) is 4.90 Å². The summed E-state index contributed by atoms with van der Waals surface area (Å²) in [6.45, 7) is 3.31. The Labute approximate surface area is 120 Å². The summed E-state index contributed by atoms with van der Waals surface area (Å²) in [6.07, 6.45) is 8.20. The monoisotopic (exact) mass is 279 g/mol. The molecule has 1 saturated carbocycles. The summed E-state index contributed by atoms with van der Waals surface area (Å²) < 4.78 is 5.37. The van der Waals surface area contributed by atoms with Crippen LogP contribution < -0.4 is 0 Å². The van der Waals surface area contributed by atoms with Gasteiger partial charge in [0.2, 0.25) is 5.89 Å². The van der Waals surface area contributed by atoms with Crippen molar-refractivity contribution in [2.45, 2.75) is 51.5 Å². The van der Waals surface area contributed by atoms with Gasteiger partial charge in [0.25, 0.3) is 0 Å². The summed E-state index contributed by atoms with van der Waals surface area (Å²) in [6, 6.07) is 0. The van der Waals surface area contributed by atoms with Gasteiger partial charge in [0.05, 0.1) is 6.54 Å². The highest BCUT2D eigenvalue weighted by Gasteiger charge is 2.25. The highest BCUT2D eigenvalue weighted by Crippen LogP contribution is 2.31. The van der Waals surface area contributed by atoms with Crippen molar-refractivity contribution in [1.82, 2.24) is 15.0 Å². The van der Waals surface area contributed by atoms with E-state index in [2.05, 4.69) is 15.0 Å². The molecule has 2 fully saturated rings. The van der Waals surface area contributed by atoms with Crippen LogP contribution in [0, 0.1) is 11.8 Å². The normalized spacial score (nSPS) is 24.1. The minimum atomic E-state index is 0.310. The zero-order valence-corrected chi connectivity index (χ0v) is 12.1. The number of aliphatic hydroxyl groups excluding tert-OH is 1. The van der Waals surface area contributed by atoms with Gasteiger partial charge in [0, 0.05) is 19.6 Å². The summed E-state index contributed by atoms with van der Waals surface area (Å²) >= 11 is 0. The van der Waals surface area contributed by atoms with E-state index in [0.29, 0.717) is 12.5 Å². The van der Waals surface area contributed by atoms with Gasteiger partial charge < -0.3 is 9.63 Å². The molecule has 2 heterocycles. The quantitative estimate of drug-likeness (QED) is 0.827. The summed E-state index contributed by atoms with van der Waals surface area (Å²) in [5, 5.41) is 13.0. The predicted molar refractivity (Wildman–Crippen MR) is 75.0 cm³/mol. The van der Waals surface area contributed by atoms with Crippen LogP contribution in [-0.4, -0.2) is 39.8 Å². The number of rotatable bonds is 7. The number of hydrogen-bond donors (Lipinski definition) is 1. The Morgan fingerprint density at radius 3 is 2.95 bits per heavy atom. The number of likely N-dealkylation sites (tertiary alicyclic amines) is 1. The molecular weight excluding hydrogens is 254 g/mol. The van der Waals surface area contributed by atoms with Gasteiger partial charge in [-0.2, -0.15) is 4.98 Å². The van der Waals surface area contributed by atoms with Crippen molar-refractivity contribution in [2.75, 3.05) is 19.7 Å². The van der Waals surface area contributed by atoms with Gasteiger partial charge in [-0.15, -0.1) is 0 Å². The zero-order chi connectivity index (χ0) is 13.8. The number of aliphatic hydroxyl groups is 1. The third-order valence-electron chi connectivity index (χ3n) is 4.41. The first kappa shape index (κ1) is 14.0. The van der Waals surface area contributed by atoms with Crippen molar-refractivity contribution in [1.29, 1.82) is 0 Å². The van der Waals surface area contributed by atoms with Crippen LogP contribution in [0.25, 0.3) is 0 Å². The van der Waals surface area contributed by atoms with Crippen LogP contribution in [0.1, 0.15) is 50.2 Å². The van der Waals surface area contributed by atoms with Crippen LogP contribution in [0.15, 0.2) is 4.52 Å². The molecule has 5 nitrogen and oxygen atoms in total. The molecule has 1 aromatic rings. The molecule has 0 spiro atoms. The average molecular weight is 279 g/mol. The number of piperidine rings is 1. The molecule has 0 bridgehead atoms. The van der Waals surface area contributed by atoms with Crippen molar-refractivity contribution < 1.29 is 9.63 Å². The van der Waals surface area contributed by atoms with E-state index < -0.39 is 0 Å². The molecule has 0 radical (unpaired) electrons. The number of hydrogen-bond acceptors (Lipinski definition) is 5. The Kier molecular flexibility index (Phi) is 4.68. The van der Waals surface area contributed by atoms with E-state index in [9.17, 15) is 0 Å². The number of nitrogens with zero attached hydrogens (tertiary/aromatic N) is 3. The molecule has 5 heteroatoms. The van der Waals surface area contributed by atoms with Gasteiger partial charge in [0.15, 0.2) is 5.82 Å². The molecule has 1 aliphatic carbocycles. The third-order valence-corrected chi connectivity index (χ3v) is 4.41. The van der Waals surface area contributed by atoms with Crippen LogP contribution in [0.4, 0.5) is 0 Å². The maximum absolute atomic E-state index is 8.93. The zero-order valence-electron chi connectivity index (χ0n) is 12.1. The van der Waals surface area contributed by atoms with E-state index in [0.717, 1.165) is 56.5 Å². The van der Waals surface area contributed by atoms with Gasteiger partial charge >= 0.3 is 0 Å². The summed E-state index contributed by atoms with van der Waals surface area (Å²) in [5.41, 5.74) is 0. The van der Waals surface area contributed by atoms with Crippen LogP contribution in [-0.2, 0) is 13.0 Å². The van der Waals surface area contributed by atoms with Crippen molar-refractivity contribution in [3.63, 3.8) is 0 Å². The van der Waals surface area contributed by atoms with Gasteiger partial charge in [-0.05, 0) is 56.9 Å². The van der Waals surface area contributed by atoms with E-state index in [1.54, 1.807) is 0 Å². The lowest BCUT2D eigenvalue weighted by Crippen LogP contribution is -2.35. The second kappa shape index (κ2) is 6.68. The minimum Gasteiger partial charge on any atom is -0.396 e. The fourth-order valence-electron chi connectivity index (χ4n) is 3.12. The standard InChI is InChI=1S/C15H25N3O2/c19-8-2-4-13-3-1-7-18(10-13)11-15-16-14(17-20-15)9-12-5-6-12/h12-13,19H,1-11H2. The smallest absolute Gasteiger partial charge is 0.240 e. The van der Waals surface area contributed by atoms with Crippen LogP contribution in [0.3, 0.4) is 0 Å². The van der Waals surface area contributed by atoms with Crippen molar-refractivity contribution in [2.24, 2.45) is 11.8 Å². The van der Waals surface area contributed by atoms with Gasteiger partial charge in [-0.25, -0.2) is 0 Å². The molecule has 3 rings (SSSR count). The first-order chi connectivity index (χ1) is 9.83. The van der Waals surface area contributed by atoms with Crippen LogP contribution in [0.2, 0.25) is 0 Å². The Balaban J connectivity index is 1.47. The molecule has 20 heavy (non-hydrogen) atoms. The fourth-order valence-corrected chi connectivity index (χ4v) is 3.12. The predicted octanol–water partition coefficient (Wildman–Crippen LogP) is 2.01. The lowest BCUT2D eigenvalue weighted by atomic mass is 9.93. The fraction of sp³-hybridized carbons (Fsp3) is 0.867. The maximum Gasteiger partial charge on any atom is 0.240 e. The summed E-state index contributed by atoms with van der Waals surface area (Å²) in [7, 11) is 0. The molecule has 1 aliphatic heterocycles. The van der Waals surface area contributed by atoms with E-state index >= 15 is 0 Å². The van der Waals surface area contributed by atoms with E-state index in [-0.39, 0.29) is 0 Å². The van der Waals surface area contributed by atoms with Crippen molar-refractivity contribution >= 4 is 0 Å². The third kappa shape index (κ3) is 4.03. The van der Waals surface area contributed by atoms with E-state index in [1.165, 1.54) is 25.7 Å². The second-order valence-electron chi connectivity index (χ2n) is 6.36. The molecule has 112 valence electrons. The Morgan fingerprint density at radius 2 is 2.15 bits per heavy atom. The first-order valence-corrected chi connectivity index (χ1v) is 7.98. The Hall–Kier alpha value is -0.940. The molecule has 1 unspecified atom stereocenters. The molecule has 1 aromatic heterocycles. The highest BCUT2D eigenvalue weighted by molar-refractivity contribution is 4.92. The molecule has 1 N–H and O–H groups in total. The summed E-state index contributed by atoms with van der Waals surface area (Å²) in [5.74, 6) is 3.17. The largest absolute Gasteiger partial charge is 0.396 e. The maximum atomic E-state index is 8.93. The molecule has 1 saturated heterocycles. The molecular formula is C15H25N3O2. The lowest BCUT2D eigenvalue weighted by molar-refractivity contribution is 0.139. The average Bonchev–Trinajstić information content (AvgIpc) is 3.16. The highest BCUT2D eigenvalue weighted by atomic mass is 16.5. The first-order valence-electron chi connectivity index (χ1n) is 7.98. The van der Waals surface area contributed by atoms with Crippen molar-refractivity contribution in [3.8, 4) is 0 Å². The second-order valence-corrected chi connectivity index (χ2v) is 6.36. The molecule has 0 amide bonds. The minimum absolute atomic E-state index is 0.310. The Bertz CT molecular complexity index is 417. The van der Waals surface area contributed by atoms with Gasteiger partial charge in [0.1, 0.15) is 0 Å². The summed E-state index contributed by atoms with van der Waals surface area (Å²) in [4.78, 5) is 6.93. The van der Waals surface area contributed by atoms with Crippen LogP contribution in [0.5, 0.6) is 0 Å². The van der Waals surface area contributed by atoms with Gasteiger partial charge in [-0.1, -0.05) is 5.16 Å². The van der Waals surface area contributed by atoms with E-state index in [1.807, 2.05) is 0 Å². The van der Waals surface area contributed by atoms with Crippen molar-refractivity contribution in [3.05, 3.63) is 11.7 Å². The topological polar surface area (TPSA) is 62.4 Å². The van der Waals surface area contributed by atoms with E-state index in [4.69, 9.17) is 9.63 Å². The van der Waals surface area contributed by atoms with Crippen LogP contribution >= 0.6 is 0 Å².